The Morgan fingerprint density at radius 1 is 1.44 bits per heavy atom. The van der Waals surface area contributed by atoms with Crippen molar-refractivity contribution in [2.24, 2.45) is 0 Å². The number of hydrogen-bond acceptors (Lipinski definition) is 4. The summed E-state index contributed by atoms with van der Waals surface area (Å²) in [4.78, 5) is 10.9. The number of hydrogen-bond donors (Lipinski definition) is 3. The Hall–Kier alpha value is -1.90. The van der Waals surface area contributed by atoms with Gasteiger partial charge in [0.2, 0.25) is 0 Å². The summed E-state index contributed by atoms with van der Waals surface area (Å²) in [6, 6.07) is 5.84. The molecule has 0 aliphatic carbocycles. The van der Waals surface area contributed by atoms with Crippen LogP contribution in [0.15, 0.2) is 18.2 Å². The van der Waals surface area contributed by atoms with Crippen LogP contribution in [0.3, 0.4) is 0 Å². The van der Waals surface area contributed by atoms with E-state index in [-0.39, 0.29) is 11.1 Å². The van der Waals surface area contributed by atoms with Crippen molar-refractivity contribution in [2.45, 2.75) is 19.1 Å². The van der Waals surface area contributed by atoms with Crippen molar-refractivity contribution < 1.29 is 20.1 Å². The average Bonchev–Trinajstić information content (AvgIpc) is 2.26. The molecule has 0 saturated heterocycles. The maximum atomic E-state index is 10.9. The fourth-order valence-corrected chi connectivity index (χ4v) is 1.35. The van der Waals surface area contributed by atoms with E-state index in [1.807, 2.05) is 0 Å². The number of nitrogens with zero attached hydrogens (tertiary/aromatic N) is 1. The summed E-state index contributed by atoms with van der Waals surface area (Å²) in [5, 5.41) is 36.1. The molecular formula is C11H11NO4. The molecule has 0 fully saturated rings. The van der Waals surface area contributed by atoms with Gasteiger partial charge in [-0.2, -0.15) is 5.26 Å². The Kier molecular flexibility index (Phi) is 3.61. The van der Waals surface area contributed by atoms with E-state index < -0.39 is 18.2 Å². The fraction of sp³-hybridized carbons (Fsp3) is 0.273. The smallest absolute Gasteiger partial charge is 0.336 e. The molecule has 0 saturated carbocycles. The number of rotatable bonds is 3. The Morgan fingerprint density at radius 3 is 2.56 bits per heavy atom. The highest BCUT2D eigenvalue weighted by Crippen LogP contribution is 2.22. The second-order valence-electron chi connectivity index (χ2n) is 3.41. The minimum atomic E-state index is -1.64. The molecule has 0 aliphatic rings. The lowest BCUT2D eigenvalue weighted by Gasteiger charge is -2.14. The van der Waals surface area contributed by atoms with Gasteiger partial charge in [-0.15, -0.1) is 0 Å². The van der Waals surface area contributed by atoms with E-state index in [1.165, 1.54) is 18.2 Å². The van der Waals surface area contributed by atoms with Gasteiger partial charge in [0.05, 0.1) is 11.6 Å². The topological polar surface area (TPSA) is 102 Å². The first kappa shape index (κ1) is 12.2. The first-order valence-corrected chi connectivity index (χ1v) is 4.57. The zero-order valence-corrected chi connectivity index (χ0v) is 8.58. The maximum absolute atomic E-state index is 10.9. The highest BCUT2D eigenvalue weighted by atomic mass is 16.4. The molecule has 0 radical (unpaired) electrons. The summed E-state index contributed by atoms with van der Waals surface area (Å²) in [5.41, 5.74) is 0.647. The fourth-order valence-electron chi connectivity index (χ4n) is 1.35. The van der Waals surface area contributed by atoms with Crippen LogP contribution >= 0.6 is 0 Å². The maximum Gasteiger partial charge on any atom is 0.336 e. The molecule has 2 unspecified atom stereocenters. The van der Waals surface area contributed by atoms with Gasteiger partial charge in [-0.25, -0.2) is 4.79 Å². The quantitative estimate of drug-likeness (QED) is 0.649. The van der Waals surface area contributed by atoms with Crippen LogP contribution in [0.5, 0.6) is 0 Å². The van der Waals surface area contributed by atoms with Crippen molar-refractivity contribution >= 4 is 5.97 Å². The van der Waals surface area contributed by atoms with Crippen LogP contribution < -0.4 is 0 Å². The first-order chi connectivity index (χ1) is 7.47. The molecule has 16 heavy (non-hydrogen) atoms. The third kappa shape index (κ3) is 2.37. The molecule has 0 aliphatic heterocycles. The van der Waals surface area contributed by atoms with E-state index in [4.69, 9.17) is 15.5 Å². The molecule has 5 heteroatoms. The second kappa shape index (κ2) is 4.75. The zero-order valence-electron chi connectivity index (χ0n) is 8.58. The number of nitriles is 1. The predicted octanol–water partition coefficient (Wildman–Crippen LogP) is 0.611. The Balaban J connectivity index is 3.23. The van der Waals surface area contributed by atoms with Gasteiger partial charge in [0.15, 0.2) is 6.10 Å². The molecule has 84 valence electrons. The van der Waals surface area contributed by atoms with Gasteiger partial charge in [0.1, 0.15) is 6.10 Å². The minimum absolute atomic E-state index is 0.0344. The van der Waals surface area contributed by atoms with Gasteiger partial charge in [0, 0.05) is 0 Å². The number of aromatic carboxylic acids is 1. The van der Waals surface area contributed by atoms with E-state index in [2.05, 4.69) is 0 Å². The van der Waals surface area contributed by atoms with E-state index >= 15 is 0 Å². The summed E-state index contributed by atoms with van der Waals surface area (Å²) < 4.78 is 0. The summed E-state index contributed by atoms with van der Waals surface area (Å²) >= 11 is 0. The molecular weight excluding hydrogens is 210 g/mol. The normalized spacial score (nSPS) is 13.9. The van der Waals surface area contributed by atoms with E-state index in [1.54, 1.807) is 13.0 Å². The highest BCUT2D eigenvalue weighted by Gasteiger charge is 2.23. The Morgan fingerprint density at radius 2 is 2.06 bits per heavy atom. The summed E-state index contributed by atoms with van der Waals surface area (Å²) in [7, 11) is 0. The zero-order chi connectivity index (χ0) is 12.3. The van der Waals surface area contributed by atoms with Crippen molar-refractivity contribution in [1.29, 1.82) is 5.26 Å². The minimum Gasteiger partial charge on any atom is -0.478 e. The van der Waals surface area contributed by atoms with E-state index in [0.717, 1.165) is 5.56 Å². The van der Waals surface area contributed by atoms with Gasteiger partial charge in [-0.05, 0) is 18.6 Å². The number of aryl methyl sites for hydroxylation is 1. The molecule has 5 nitrogen and oxygen atoms in total. The monoisotopic (exact) mass is 221 g/mol. The highest BCUT2D eigenvalue weighted by molar-refractivity contribution is 5.89. The lowest BCUT2D eigenvalue weighted by Crippen LogP contribution is -2.18. The predicted molar refractivity (Wildman–Crippen MR) is 54.7 cm³/mol. The van der Waals surface area contributed by atoms with E-state index in [9.17, 15) is 9.90 Å². The van der Waals surface area contributed by atoms with Crippen molar-refractivity contribution in [3.8, 4) is 6.07 Å². The Bertz CT molecular complexity index is 450. The van der Waals surface area contributed by atoms with Crippen LogP contribution in [-0.2, 0) is 0 Å². The molecule has 0 spiro atoms. The van der Waals surface area contributed by atoms with Crippen LogP contribution in [0, 0.1) is 18.3 Å². The Labute approximate surface area is 92.2 Å². The van der Waals surface area contributed by atoms with Gasteiger partial charge in [-0.1, -0.05) is 17.7 Å². The van der Waals surface area contributed by atoms with Crippen molar-refractivity contribution in [1.82, 2.24) is 0 Å². The van der Waals surface area contributed by atoms with Crippen molar-refractivity contribution in [3.63, 3.8) is 0 Å². The molecule has 1 aromatic carbocycles. The molecule has 0 bridgehead atoms. The van der Waals surface area contributed by atoms with Crippen LogP contribution in [0.1, 0.15) is 27.6 Å². The third-order valence-corrected chi connectivity index (χ3v) is 2.19. The molecule has 0 aromatic heterocycles. The third-order valence-electron chi connectivity index (χ3n) is 2.19. The number of carbonyl (C=O) groups is 1. The molecule has 3 N–H and O–H groups in total. The summed E-state index contributed by atoms with van der Waals surface area (Å²) in [6.07, 6.45) is -3.16. The van der Waals surface area contributed by atoms with Gasteiger partial charge < -0.3 is 15.3 Å². The number of carboxylic acid groups (broad SMARTS) is 1. The lowest BCUT2D eigenvalue weighted by molar-refractivity contribution is 0.0498. The first-order valence-electron chi connectivity index (χ1n) is 4.57. The van der Waals surface area contributed by atoms with Gasteiger partial charge >= 0.3 is 5.97 Å². The number of benzene rings is 1. The molecule has 2 atom stereocenters. The SMILES string of the molecule is Cc1ccc(C(O)C(O)C#N)c(C(=O)O)c1. The average molecular weight is 221 g/mol. The van der Waals surface area contributed by atoms with Gasteiger partial charge in [-0.3, -0.25) is 0 Å². The van der Waals surface area contributed by atoms with Crippen LogP contribution in [-0.4, -0.2) is 27.4 Å². The lowest BCUT2D eigenvalue weighted by atomic mass is 9.97. The number of carboxylic acids is 1. The number of aliphatic hydroxyl groups is 2. The van der Waals surface area contributed by atoms with Crippen LogP contribution in [0.2, 0.25) is 0 Å². The molecule has 0 amide bonds. The molecule has 1 aromatic rings. The molecule has 0 heterocycles. The summed E-state index contributed by atoms with van der Waals surface area (Å²) in [5.74, 6) is -1.21. The van der Waals surface area contributed by atoms with E-state index in [0.29, 0.717) is 0 Å². The second-order valence-corrected chi connectivity index (χ2v) is 3.41. The number of aliphatic hydroxyl groups excluding tert-OH is 2. The summed E-state index contributed by atoms with van der Waals surface area (Å²) in [6.45, 7) is 1.71. The molecule has 1 rings (SSSR count). The van der Waals surface area contributed by atoms with Crippen molar-refractivity contribution in [3.05, 3.63) is 34.9 Å². The van der Waals surface area contributed by atoms with Crippen molar-refractivity contribution in [2.75, 3.05) is 0 Å². The van der Waals surface area contributed by atoms with Gasteiger partial charge in [0.25, 0.3) is 0 Å². The largest absolute Gasteiger partial charge is 0.478 e. The van der Waals surface area contributed by atoms with Crippen LogP contribution in [0.25, 0.3) is 0 Å². The van der Waals surface area contributed by atoms with Crippen LogP contribution in [0.4, 0.5) is 0 Å². The standard InChI is InChI=1S/C11H11NO4/c1-6-2-3-7(8(4-6)11(15)16)10(14)9(13)5-12/h2-4,9-10,13-14H,1H3,(H,15,16).